The minimum absolute atomic E-state index is 0.0756. The fourth-order valence-electron chi connectivity index (χ4n) is 2.50. The van der Waals surface area contributed by atoms with Crippen LogP contribution in [0.5, 0.6) is 0 Å². The Hall–Kier alpha value is -0.240. The molecule has 6 nitrogen and oxygen atoms in total. The highest BCUT2D eigenvalue weighted by Gasteiger charge is 2.36. The van der Waals surface area contributed by atoms with E-state index in [1.807, 2.05) is 41.5 Å². The fourth-order valence-corrected chi connectivity index (χ4v) is 2.50. The lowest BCUT2D eigenvalue weighted by atomic mass is 9.86. The molecule has 0 fully saturated rings. The highest BCUT2D eigenvalue weighted by molar-refractivity contribution is 4.83. The first-order chi connectivity index (χ1) is 12.4. The number of ether oxygens (including phenoxy) is 3. The number of aliphatic hydroxyl groups excluding tert-OH is 3. The van der Waals surface area contributed by atoms with E-state index in [-0.39, 0.29) is 25.2 Å². The molecule has 3 N–H and O–H groups in total. The van der Waals surface area contributed by atoms with Crippen molar-refractivity contribution >= 4 is 0 Å². The Morgan fingerprint density at radius 1 is 0.556 bits per heavy atom. The van der Waals surface area contributed by atoms with Crippen LogP contribution in [-0.2, 0) is 14.2 Å². The molecule has 0 radical (unpaired) electrons. The van der Waals surface area contributed by atoms with Crippen LogP contribution in [-0.4, -0.2) is 71.8 Å². The molecule has 6 heteroatoms. The Balaban J connectivity index is 5.23. The molecule has 0 unspecified atom stereocenters. The fraction of sp³-hybridized carbons (Fsp3) is 1.00. The highest BCUT2D eigenvalue weighted by Crippen LogP contribution is 2.31. The van der Waals surface area contributed by atoms with Gasteiger partial charge in [-0.3, -0.25) is 0 Å². The molecule has 0 spiro atoms. The SMILES string of the molecule is CCC(COC(C)(C)CCO)(COC(C)(C)CCO)COC(C)(C)CCO. The molecular weight excluding hydrogens is 348 g/mol. The number of aliphatic hydroxyl groups is 3. The third-order valence-corrected chi connectivity index (χ3v) is 5.20. The minimum atomic E-state index is -0.434. The van der Waals surface area contributed by atoms with E-state index in [4.69, 9.17) is 14.2 Å². The molecule has 0 rings (SSSR count). The molecule has 0 aromatic heterocycles. The van der Waals surface area contributed by atoms with E-state index in [0.717, 1.165) is 6.42 Å². The van der Waals surface area contributed by atoms with Crippen LogP contribution in [0.4, 0.5) is 0 Å². The van der Waals surface area contributed by atoms with E-state index in [2.05, 4.69) is 6.92 Å². The zero-order valence-electron chi connectivity index (χ0n) is 18.6. The lowest BCUT2D eigenvalue weighted by Gasteiger charge is -2.40. The van der Waals surface area contributed by atoms with Gasteiger partial charge in [0.05, 0.1) is 36.6 Å². The quantitative estimate of drug-likeness (QED) is 0.374. The van der Waals surface area contributed by atoms with Crippen molar-refractivity contribution in [3.63, 3.8) is 0 Å². The summed E-state index contributed by atoms with van der Waals surface area (Å²) in [6.07, 6.45) is 2.47. The second-order valence-corrected chi connectivity index (χ2v) is 9.42. The second kappa shape index (κ2) is 11.7. The number of hydrogen-bond acceptors (Lipinski definition) is 6. The maximum atomic E-state index is 9.25. The van der Waals surface area contributed by atoms with Crippen molar-refractivity contribution in [3.8, 4) is 0 Å². The van der Waals surface area contributed by atoms with Gasteiger partial charge in [-0.15, -0.1) is 0 Å². The van der Waals surface area contributed by atoms with Crippen molar-refractivity contribution < 1.29 is 29.5 Å². The van der Waals surface area contributed by atoms with Gasteiger partial charge in [-0.25, -0.2) is 0 Å². The summed E-state index contributed by atoms with van der Waals surface area (Å²) in [5.41, 5.74) is -1.66. The first-order valence-corrected chi connectivity index (χ1v) is 10.1. The second-order valence-electron chi connectivity index (χ2n) is 9.42. The van der Waals surface area contributed by atoms with Crippen molar-refractivity contribution in [3.05, 3.63) is 0 Å². The third-order valence-electron chi connectivity index (χ3n) is 5.20. The van der Waals surface area contributed by atoms with Crippen molar-refractivity contribution in [1.82, 2.24) is 0 Å². The van der Waals surface area contributed by atoms with E-state index in [0.29, 0.717) is 39.1 Å². The summed E-state index contributed by atoms with van der Waals surface area (Å²) >= 11 is 0. The predicted octanol–water partition coefficient (Wildman–Crippen LogP) is 2.92. The third kappa shape index (κ3) is 11.4. The van der Waals surface area contributed by atoms with E-state index in [1.54, 1.807) is 0 Å². The van der Waals surface area contributed by atoms with Gasteiger partial charge in [0.2, 0.25) is 0 Å². The summed E-state index contributed by atoms with van der Waals surface area (Å²) < 4.78 is 18.5. The maximum Gasteiger partial charge on any atom is 0.0648 e. The lowest BCUT2D eigenvalue weighted by Crippen LogP contribution is -2.45. The van der Waals surface area contributed by atoms with E-state index >= 15 is 0 Å². The summed E-state index contributed by atoms with van der Waals surface area (Å²) in [4.78, 5) is 0. The van der Waals surface area contributed by atoms with Gasteiger partial charge in [0.25, 0.3) is 0 Å². The van der Waals surface area contributed by atoms with Crippen LogP contribution in [0.15, 0.2) is 0 Å². The molecule has 0 atom stereocenters. The van der Waals surface area contributed by atoms with Crippen LogP contribution < -0.4 is 0 Å². The Kier molecular flexibility index (Phi) is 11.6. The molecule has 0 amide bonds. The van der Waals surface area contributed by atoms with Crippen LogP contribution in [0, 0.1) is 5.41 Å². The molecule has 0 heterocycles. The van der Waals surface area contributed by atoms with Gasteiger partial charge in [0.15, 0.2) is 0 Å². The van der Waals surface area contributed by atoms with Gasteiger partial charge < -0.3 is 29.5 Å². The first kappa shape index (κ1) is 26.8. The predicted molar refractivity (Wildman–Crippen MR) is 108 cm³/mol. The normalized spacial score (nSPS) is 14.0. The first-order valence-electron chi connectivity index (χ1n) is 10.1. The Morgan fingerprint density at radius 2 is 0.815 bits per heavy atom. The zero-order chi connectivity index (χ0) is 21.2. The van der Waals surface area contributed by atoms with Gasteiger partial charge in [0.1, 0.15) is 0 Å². The Bertz CT molecular complexity index is 337. The van der Waals surface area contributed by atoms with Crippen molar-refractivity contribution in [2.75, 3.05) is 39.6 Å². The summed E-state index contributed by atoms with van der Waals surface area (Å²) in [5, 5.41) is 27.7. The zero-order valence-corrected chi connectivity index (χ0v) is 18.6. The maximum absolute atomic E-state index is 9.25. The van der Waals surface area contributed by atoms with Crippen LogP contribution in [0.3, 0.4) is 0 Å². The van der Waals surface area contributed by atoms with E-state index in [9.17, 15) is 15.3 Å². The smallest absolute Gasteiger partial charge is 0.0648 e. The largest absolute Gasteiger partial charge is 0.396 e. The van der Waals surface area contributed by atoms with Crippen LogP contribution in [0.25, 0.3) is 0 Å². The number of rotatable bonds is 16. The summed E-state index contributed by atoms with van der Waals surface area (Å²) in [6, 6.07) is 0. The minimum Gasteiger partial charge on any atom is -0.396 e. The lowest BCUT2D eigenvalue weighted by molar-refractivity contribution is -0.163. The van der Waals surface area contributed by atoms with Crippen LogP contribution in [0.1, 0.15) is 74.1 Å². The number of hydrogen-bond donors (Lipinski definition) is 3. The van der Waals surface area contributed by atoms with E-state index in [1.165, 1.54) is 0 Å². The van der Waals surface area contributed by atoms with Gasteiger partial charge in [-0.05, 0) is 67.2 Å². The molecule has 164 valence electrons. The average molecular weight is 393 g/mol. The molecular formula is C21H44O6. The molecule has 0 saturated carbocycles. The van der Waals surface area contributed by atoms with Gasteiger partial charge >= 0.3 is 0 Å². The van der Waals surface area contributed by atoms with Crippen LogP contribution >= 0.6 is 0 Å². The molecule has 0 aliphatic heterocycles. The summed E-state index contributed by atoms with van der Waals surface area (Å²) in [6.45, 7) is 15.5. The molecule has 0 aromatic rings. The van der Waals surface area contributed by atoms with Crippen molar-refractivity contribution in [2.24, 2.45) is 5.41 Å². The van der Waals surface area contributed by atoms with Gasteiger partial charge in [-0.2, -0.15) is 0 Å². The summed E-state index contributed by atoms with van der Waals surface area (Å²) in [7, 11) is 0. The van der Waals surface area contributed by atoms with Crippen molar-refractivity contribution in [1.29, 1.82) is 0 Å². The monoisotopic (exact) mass is 392 g/mol. The van der Waals surface area contributed by atoms with Gasteiger partial charge in [-0.1, -0.05) is 6.92 Å². The molecule has 27 heavy (non-hydrogen) atoms. The highest BCUT2D eigenvalue weighted by atomic mass is 16.5. The molecule has 0 aliphatic carbocycles. The summed E-state index contributed by atoms with van der Waals surface area (Å²) in [5.74, 6) is 0. The standard InChI is InChI=1S/C21H44O6/c1-8-21(15-25-18(2,3)9-12-22,16-26-19(4,5)10-13-23)17-27-20(6,7)11-14-24/h22-24H,8-17H2,1-7H3. The van der Waals surface area contributed by atoms with Gasteiger partial charge in [0, 0.05) is 25.2 Å². The molecule has 0 aliphatic rings. The molecule has 0 bridgehead atoms. The van der Waals surface area contributed by atoms with Crippen LogP contribution in [0.2, 0.25) is 0 Å². The Morgan fingerprint density at radius 3 is 1.00 bits per heavy atom. The molecule has 0 aromatic carbocycles. The average Bonchev–Trinajstić information content (AvgIpc) is 2.54. The topological polar surface area (TPSA) is 88.4 Å². The van der Waals surface area contributed by atoms with Crippen molar-refractivity contribution in [2.45, 2.75) is 91.0 Å². The molecule has 0 saturated heterocycles. The van der Waals surface area contributed by atoms with E-state index < -0.39 is 16.8 Å². The Labute approximate surface area is 166 Å².